The summed E-state index contributed by atoms with van der Waals surface area (Å²) in [7, 11) is 5.20. The van der Waals surface area contributed by atoms with Crippen molar-refractivity contribution in [3.8, 4) is 0 Å². The van der Waals surface area contributed by atoms with Crippen LogP contribution in [0.5, 0.6) is 0 Å². The molecule has 0 aromatic heterocycles. The Morgan fingerprint density at radius 3 is 1.68 bits per heavy atom. The lowest BCUT2D eigenvalue weighted by atomic mass is 10.1. The van der Waals surface area contributed by atoms with Gasteiger partial charge in [0.05, 0.1) is 13.2 Å². The fourth-order valence-corrected chi connectivity index (χ4v) is 3.17. The minimum atomic E-state index is -0.376. The van der Waals surface area contributed by atoms with Crippen molar-refractivity contribution in [2.24, 2.45) is 0 Å². The molecule has 1 unspecified atom stereocenters. The van der Waals surface area contributed by atoms with Crippen molar-refractivity contribution in [3.05, 3.63) is 0 Å². The molecular formula is C24H48N2O5. The Kier molecular flexibility index (Phi) is 19.9. The molecule has 7 nitrogen and oxygen atoms in total. The highest BCUT2D eigenvalue weighted by Gasteiger charge is 2.16. The summed E-state index contributed by atoms with van der Waals surface area (Å²) in [6.45, 7) is 6.43. The van der Waals surface area contributed by atoms with E-state index in [1.807, 2.05) is 14.1 Å². The number of methoxy groups -OCH3 is 1. The van der Waals surface area contributed by atoms with E-state index in [4.69, 9.17) is 14.2 Å². The van der Waals surface area contributed by atoms with Gasteiger partial charge < -0.3 is 24.0 Å². The van der Waals surface area contributed by atoms with Gasteiger partial charge in [-0.2, -0.15) is 0 Å². The molecule has 2 amide bonds. The molecule has 0 heterocycles. The highest BCUT2D eigenvalue weighted by atomic mass is 16.6. The fourth-order valence-electron chi connectivity index (χ4n) is 3.17. The molecule has 0 radical (unpaired) electrons. The Morgan fingerprint density at radius 1 is 0.710 bits per heavy atom. The van der Waals surface area contributed by atoms with Gasteiger partial charge >= 0.3 is 0 Å². The zero-order valence-electron chi connectivity index (χ0n) is 20.8. The van der Waals surface area contributed by atoms with E-state index in [1.54, 1.807) is 16.9 Å². The molecule has 7 heteroatoms. The first kappa shape index (κ1) is 29.8. The number of amides is 2. The third-order valence-corrected chi connectivity index (χ3v) is 5.37. The third kappa shape index (κ3) is 17.1. The van der Waals surface area contributed by atoms with E-state index in [9.17, 15) is 9.59 Å². The lowest BCUT2D eigenvalue weighted by molar-refractivity contribution is -0.143. The molecule has 0 aromatic carbocycles. The van der Waals surface area contributed by atoms with Crippen LogP contribution < -0.4 is 0 Å². The van der Waals surface area contributed by atoms with E-state index in [0.717, 1.165) is 38.8 Å². The Morgan fingerprint density at radius 2 is 1.19 bits per heavy atom. The predicted octanol–water partition coefficient (Wildman–Crippen LogP) is 3.89. The van der Waals surface area contributed by atoms with Crippen LogP contribution in [0.1, 0.15) is 78.1 Å². The number of hydrogen-bond acceptors (Lipinski definition) is 5. The van der Waals surface area contributed by atoms with Gasteiger partial charge in [-0.15, -0.1) is 0 Å². The number of unbranched alkanes of at least 4 members (excludes halogenated alkanes) is 8. The molecule has 0 fully saturated rings. The Labute approximate surface area is 190 Å². The van der Waals surface area contributed by atoms with E-state index in [2.05, 4.69) is 13.8 Å². The van der Waals surface area contributed by atoms with E-state index < -0.39 is 0 Å². The van der Waals surface area contributed by atoms with Crippen LogP contribution in [0.3, 0.4) is 0 Å². The first-order chi connectivity index (χ1) is 15.0. The standard InChI is InChI=1S/C24H48N2O5/c1-6-8-10-12-14-16-25(3)23(27)20-30-19-22(18-29-5)31-21-24(28)26(4)17-15-13-11-9-7-2/h22H,6-21H2,1-5H3. The summed E-state index contributed by atoms with van der Waals surface area (Å²) in [5.74, 6) is -0.0824. The molecule has 0 saturated heterocycles. The van der Waals surface area contributed by atoms with Crippen molar-refractivity contribution >= 4 is 11.8 Å². The van der Waals surface area contributed by atoms with Crippen molar-refractivity contribution in [1.29, 1.82) is 0 Å². The maximum atomic E-state index is 12.3. The molecule has 31 heavy (non-hydrogen) atoms. The molecule has 0 spiro atoms. The molecular weight excluding hydrogens is 396 g/mol. The Bertz CT molecular complexity index is 448. The van der Waals surface area contributed by atoms with Gasteiger partial charge in [0, 0.05) is 34.3 Å². The molecule has 1 atom stereocenters. The van der Waals surface area contributed by atoms with Gasteiger partial charge in [0.15, 0.2) is 0 Å². The van der Waals surface area contributed by atoms with Crippen LogP contribution in [0, 0.1) is 0 Å². The van der Waals surface area contributed by atoms with E-state index in [-0.39, 0.29) is 37.7 Å². The SMILES string of the molecule is CCCCCCCN(C)C(=O)COCC(COC)OCC(=O)N(C)CCCCCCC. The molecule has 0 bridgehead atoms. The van der Waals surface area contributed by atoms with Crippen LogP contribution in [0.4, 0.5) is 0 Å². The summed E-state index contributed by atoms with van der Waals surface area (Å²) in [6.07, 6.45) is 11.3. The lowest BCUT2D eigenvalue weighted by Gasteiger charge is -2.21. The number of likely N-dealkylation sites (N-methyl/N-ethyl adjacent to an activating group) is 2. The zero-order valence-corrected chi connectivity index (χ0v) is 20.8. The molecule has 0 aliphatic heterocycles. The van der Waals surface area contributed by atoms with Gasteiger partial charge in [-0.3, -0.25) is 9.59 Å². The number of rotatable bonds is 21. The number of nitrogens with zero attached hydrogens (tertiary/aromatic N) is 2. The van der Waals surface area contributed by atoms with Crippen LogP contribution in [-0.4, -0.2) is 88.4 Å². The number of carbonyl (C=O) groups excluding carboxylic acids is 2. The van der Waals surface area contributed by atoms with Gasteiger partial charge in [-0.25, -0.2) is 0 Å². The molecule has 0 aliphatic rings. The smallest absolute Gasteiger partial charge is 0.248 e. The average molecular weight is 445 g/mol. The van der Waals surface area contributed by atoms with Crippen molar-refractivity contribution in [1.82, 2.24) is 9.80 Å². The van der Waals surface area contributed by atoms with E-state index in [1.165, 1.54) is 38.5 Å². The first-order valence-electron chi connectivity index (χ1n) is 12.1. The average Bonchev–Trinajstić information content (AvgIpc) is 2.76. The van der Waals surface area contributed by atoms with Gasteiger partial charge in [0.25, 0.3) is 0 Å². The van der Waals surface area contributed by atoms with E-state index >= 15 is 0 Å². The van der Waals surface area contributed by atoms with Crippen molar-refractivity contribution in [3.63, 3.8) is 0 Å². The summed E-state index contributed by atoms with van der Waals surface area (Å²) in [4.78, 5) is 27.9. The minimum Gasteiger partial charge on any atom is -0.382 e. The highest BCUT2D eigenvalue weighted by Crippen LogP contribution is 2.05. The van der Waals surface area contributed by atoms with Crippen molar-refractivity contribution < 1.29 is 23.8 Å². The summed E-state index contributed by atoms with van der Waals surface area (Å²) in [5, 5.41) is 0. The zero-order chi connectivity index (χ0) is 23.3. The minimum absolute atomic E-state index is 0.00550. The lowest BCUT2D eigenvalue weighted by Crippen LogP contribution is -2.36. The third-order valence-electron chi connectivity index (χ3n) is 5.37. The monoisotopic (exact) mass is 444 g/mol. The number of ether oxygens (including phenoxy) is 3. The van der Waals surface area contributed by atoms with Gasteiger partial charge in [0.2, 0.25) is 11.8 Å². The summed E-state index contributed by atoms with van der Waals surface area (Å²) in [5.41, 5.74) is 0. The molecule has 184 valence electrons. The van der Waals surface area contributed by atoms with E-state index in [0.29, 0.717) is 6.61 Å². The predicted molar refractivity (Wildman–Crippen MR) is 125 cm³/mol. The summed E-state index contributed by atoms with van der Waals surface area (Å²) >= 11 is 0. The van der Waals surface area contributed by atoms with Crippen LogP contribution in [0.25, 0.3) is 0 Å². The molecule has 0 aliphatic carbocycles. The Balaban J connectivity index is 4.06. The first-order valence-corrected chi connectivity index (χ1v) is 12.1. The van der Waals surface area contributed by atoms with Crippen molar-refractivity contribution in [2.75, 3.05) is 60.7 Å². The van der Waals surface area contributed by atoms with Crippen LogP contribution in [0.15, 0.2) is 0 Å². The summed E-state index contributed by atoms with van der Waals surface area (Å²) in [6, 6.07) is 0. The van der Waals surface area contributed by atoms with Crippen LogP contribution in [0.2, 0.25) is 0 Å². The van der Waals surface area contributed by atoms with Gasteiger partial charge in [0.1, 0.15) is 19.3 Å². The molecule has 0 N–H and O–H groups in total. The van der Waals surface area contributed by atoms with Crippen molar-refractivity contribution in [2.45, 2.75) is 84.2 Å². The van der Waals surface area contributed by atoms with Gasteiger partial charge in [-0.05, 0) is 12.8 Å². The second kappa shape index (κ2) is 20.7. The number of carbonyl (C=O) groups is 2. The second-order valence-corrected chi connectivity index (χ2v) is 8.36. The van der Waals surface area contributed by atoms with Gasteiger partial charge in [-0.1, -0.05) is 65.2 Å². The molecule has 0 rings (SSSR count). The number of hydrogen-bond donors (Lipinski definition) is 0. The summed E-state index contributed by atoms with van der Waals surface area (Å²) < 4.78 is 16.4. The van der Waals surface area contributed by atoms with Crippen LogP contribution >= 0.6 is 0 Å². The fraction of sp³-hybridized carbons (Fsp3) is 0.917. The topological polar surface area (TPSA) is 68.3 Å². The molecule has 0 saturated carbocycles. The maximum absolute atomic E-state index is 12.3. The largest absolute Gasteiger partial charge is 0.382 e. The quantitative estimate of drug-likeness (QED) is 0.251. The van der Waals surface area contributed by atoms with Crippen LogP contribution in [-0.2, 0) is 23.8 Å². The highest BCUT2D eigenvalue weighted by molar-refractivity contribution is 5.77. The second-order valence-electron chi connectivity index (χ2n) is 8.36. The normalized spacial score (nSPS) is 12.0. The maximum Gasteiger partial charge on any atom is 0.248 e. The Hall–Kier alpha value is -1.18. The molecule has 0 aromatic rings.